The summed E-state index contributed by atoms with van der Waals surface area (Å²) in [6.45, 7) is 0.872. The number of urea groups is 1. The van der Waals surface area contributed by atoms with Crippen LogP contribution in [0.1, 0.15) is 18.4 Å². The number of anilines is 1. The number of nitrogens with one attached hydrogen (secondary N) is 1. The highest BCUT2D eigenvalue weighted by Gasteiger charge is 2.31. The van der Waals surface area contributed by atoms with E-state index in [1.807, 2.05) is 31.1 Å². The van der Waals surface area contributed by atoms with Gasteiger partial charge >= 0.3 is 6.03 Å². The van der Waals surface area contributed by atoms with E-state index < -0.39 is 0 Å². The molecule has 1 aliphatic rings. The van der Waals surface area contributed by atoms with Crippen molar-refractivity contribution in [2.24, 2.45) is 0 Å². The van der Waals surface area contributed by atoms with Crippen LogP contribution in [0.5, 0.6) is 0 Å². The SMILES string of the molecule is CN(C)c1cc(CNC(=O)N(CCO)C2CC2)ccn1. The Labute approximate surface area is 119 Å². The Morgan fingerprint density at radius 1 is 1.50 bits per heavy atom. The first-order valence-corrected chi connectivity index (χ1v) is 6.89. The normalized spacial score (nSPS) is 13.9. The molecule has 2 rings (SSSR count). The Balaban J connectivity index is 1.90. The van der Waals surface area contributed by atoms with Crippen LogP contribution in [-0.4, -0.2) is 54.3 Å². The van der Waals surface area contributed by atoms with Crippen LogP contribution in [0.2, 0.25) is 0 Å². The second-order valence-corrected chi connectivity index (χ2v) is 5.22. The van der Waals surface area contributed by atoms with Crippen molar-refractivity contribution in [3.05, 3.63) is 23.9 Å². The molecule has 6 nitrogen and oxygen atoms in total. The third-order valence-electron chi connectivity index (χ3n) is 3.30. The van der Waals surface area contributed by atoms with Gasteiger partial charge in [-0.1, -0.05) is 0 Å². The van der Waals surface area contributed by atoms with E-state index in [2.05, 4.69) is 10.3 Å². The molecule has 1 aliphatic carbocycles. The van der Waals surface area contributed by atoms with E-state index in [0.29, 0.717) is 19.1 Å². The standard InChI is InChI=1S/C14H22N4O2/c1-17(2)13-9-11(5-6-15-13)10-16-14(20)18(7-8-19)12-3-4-12/h5-6,9,12,19H,3-4,7-8,10H2,1-2H3,(H,16,20). The van der Waals surface area contributed by atoms with E-state index in [-0.39, 0.29) is 12.6 Å². The van der Waals surface area contributed by atoms with Gasteiger partial charge in [0.1, 0.15) is 5.82 Å². The van der Waals surface area contributed by atoms with Crippen LogP contribution < -0.4 is 10.2 Å². The summed E-state index contributed by atoms with van der Waals surface area (Å²) in [5.74, 6) is 0.867. The number of carbonyl (C=O) groups is 1. The topological polar surface area (TPSA) is 68.7 Å². The van der Waals surface area contributed by atoms with Crippen LogP contribution in [0.4, 0.5) is 10.6 Å². The zero-order valence-electron chi connectivity index (χ0n) is 12.0. The molecule has 2 amide bonds. The lowest BCUT2D eigenvalue weighted by atomic mass is 10.2. The minimum atomic E-state index is -0.107. The van der Waals surface area contributed by atoms with Crippen LogP contribution in [0.3, 0.4) is 0 Å². The minimum Gasteiger partial charge on any atom is -0.395 e. The fraction of sp³-hybridized carbons (Fsp3) is 0.571. The molecule has 0 aliphatic heterocycles. The molecule has 0 spiro atoms. The molecule has 1 aromatic heterocycles. The summed E-state index contributed by atoms with van der Waals surface area (Å²) < 4.78 is 0. The van der Waals surface area contributed by atoms with E-state index in [1.54, 1.807) is 11.1 Å². The van der Waals surface area contributed by atoms with Crippen molar-refractivity contribution in [1.82, 2.24) is 15.2 Å². The van der Waals surface area contributed by atoms with Crippen molar-refractivity contribution >= 4 is 11.8 Å². The first-order chi connectivity index (χ1) is 9.61. The number of carbonyl (C=O) groups excluding carboxylic acids is 1. The van der Waals surface area contributed by atoms with Crippen molar-refractivity contribution in [2.45, 2.75) is 25.4 Å². The summed E-state index contributed by atoms with van der Waals surface area (Å²) in [5, 5.41) is 11.9. The summed E-state index contributed by atoms with van der Waals surface area (Å²) in [5.41, 5.74) is 1.01. The van der Waals surface area contributed by atoms with Gasteiger partial charge in [0, 0.05) is 39.4 Å². The summed E-state index contributed by atoms with van der Waals surface area (Å²) in [7, 11) is 3.86. The number of pyridine rings is 1. The van der Waals surface area contributed by atoms with E-state index in [9.17, 15) is 4.79 Å². The average molecular weight is 278 g/mol. The first-order valence-electron chi connectivity index (χ1n) is 6.89. The van der Waals surface area contributed by atoms with Crippen LogP contribution in [0, 0.1) is 0 Å². The maximum absolute atomic E-state index is 12.1. The first kappa shape index (κ1) is 14.6. The maximum atomic E-state index is 12.1. The summed E-state index contributed by atoms with van der Waals surface area (Å²) in [4.78, 5) is 20.0. The zero-order chi connectivity index (χ0) is 14.5. The molecule has 0 saturated heterocycles. The lowest BCUT2D eigenvalue weighted by Gasteiger charge is -2.22. The summed E-state index contributed by atoms with van der Waals surface area (Å²) in [6.07, 6.45) is 3.81. The van der Waals surface area contributed by atoms with E-state index in [4.69, 9.17) is 5.11 Å². The minimum absolute atomic E-state index is 0.00392. The van der Waals surface area contributed by atoms with Gasteiger partial charge in [-0.25, -0.2) is 9.78 Å². The third kappa shape index (κ3) is 3.84. The highest BCUT2D eigenvalue weighted by atomic mass is 16.3. The molecule has 0 aromatic carbocycles. The maximum Gasteiger partial charge on any atom is 0.317 e. The van der Waals surface area contributed by atoms with Gasteiger partial charge in [-0.15, -0.1) is 0 Å². The quantitative estimate of drug-likeness (QED) is 0.808. The second-order valence-electron chi connectivity index (χ2n) is 5.22. The summed E-state index contributed by atoms with van der Waals surface area (Å²) >= 11 is 0. The molecule has 1 saturated carbocycles. The van der Waals surface area contributed by atoms with Crippen molar-refractivity contribution in [3.63, 3.8) is 0 Å². The number of aromatic nitrogens is 1. The predicted molar refractivity (Wildman–Crippen MR) is 77.6 cm³/mol. The fourth-order valence-corrected chi connectivity index (χ4v) is 2.04. The number of nitrogens with zero attached hydrogens (tertiary/aromatic N) is 3. The number of rotatable bonds is 6. The smallest absolute Gasteiger partial charge is 0.317 e. The molecular formula is C14H22N4O2. The molecule has 1 aromatic rings. The van der Waals surface area contributed by atoms with Crippen molar-refractivity contribution in [2.75, 3.05) is 32.1 Å². The van der Waals surface area contributed by atoms with E-state index >= 15 is 0 Å². The third-order valence-corrected chi connectivity index (χ3v) is 3.30. The Kier molecular flexibility index (Phi) is 4.79. The monoisotopic (exact) mass is 278 g/mol. The number of aliphatic hydroxyl groups is 1. The van der Waals surface area contributed by atoms with Crippen LogP contribution in [0.15, 0.2) is 18.3 Å². The van der Waals surface area contributed by atoms with Crippen LogP contribution in [0.25, 0.3) is 0 Å². The summed E-state index contributed by atoms with van der Waals surface area (Å²) in [6, 6.07) is 4.04. The molecule has 6 heteroatoms. The highest BCUT2D eigenvalue weighted by Crippen LogP contribution is 2.26. The number of aliphatic hydroxyl groups excluding tert-OH is 1. The van der Waals surface area contributed by atoms with Crippen molar-refractivity contribution in [3.8, 4) is 0 Å². The Morgan fingerprint density at radius 3 is 2.85 bits per heavy atom. The van der Waals surface area contributed by atoms with Crippen LogP contribution in [-0.2, 0) is 6.54 Å². The van der Waals surface area contributed by atoms with E-state index in [1.165, 1.54) is 0 Å². The molecule has 0 unspecified atom stereocenters. The Morgan fingerprint density at radius 2 is 2.25 bits per heavy atom. The van der Waals surface area contributed by atoms with Gasteiger partial charge in [0.2, 0.25) is 0 Å². The van der Waals surface area contributed by atoms with Gasteiger partial charge in [0.15, 0.2) is 0 Å². The average Bonchev–Trinajstić information content (AvgIpc) is 3.27. The molecule has 0 atom stereocenters. The molecule has 110 valence electrons. The molecule has 2 N–H and O–H groups in total. The Hall–Kier alpha value is -1.82. The van der Waals surface area contributed by atoms with Gasteiger partial charge in [-0.2, -0.15) is 0 Å². The van der Waals surface area contributed by atoms with Crippen molar-refractivity contribution in [1.29, 1.82) is 0 Å². The number of hydrogen-bond donors (Lipinski definition) is 2. The van der Waals surface area contributed by atoms with E-state index in [0.717, 1.165) is 24.2 Å². The predicted octanol–water partition coefficient (Wildman–Crippen LogP) is 0.814. The largest absolute Gasteiger partial charge is 0.395 e. The van der Waals surface area contributed by atoms with Crippen LogP contribution >= 0.6 is 0 Å². The zero-order valence-corrected chi connectivity index (χ0v) is 12.0. The van der Waals surface area contributed by atoms with Gasteiger partial charge in [-0.05, 0) is 30.5 Å². The second kappa shape index (κ2) is 6.56. The molecule has 0 radical (unpaired) electrons. The van der Waals surface area contributed by atoms with Gasteiger partial charge in [0.25, 0.3) is 0 Å². The number of amides is 2. The van der Waals surface area contributed by atoms with Gasteiger partial charge in [0.05, 0.1) is 6.61 Å². The highest BCUT2D eigenvalue weighted by molar-refractivity contribution is 5.75. The fourth-order valence-electron chi connectivity index (χ4n) is 2.04. The van der Waals surface area contributed by atoms with Gasteiger partial charge in [-0.3, -0.25) is 0 Å². The number of hydrogen-bond acceptors (Lipinski definition) is 4. The Bertz CT molecular complexity index is 460. The molecule has 0 bridgehead atoms. The van der Waals surface area contributed by atoms with Crippen molar-refractivity contribution < 1.29 is 9.90 Å². The lowest BCUT2D eigenvalue weighted by Crippen LogP contribution is -2.42. The molecule has 1 fully saturated rings. The molecular weight excluding hydrogens is 256 g/mol. The van der Waals surface area contributed by atoms with Gasteiger partial charge < -0.3 is 20.2 Å². The molecule has 20 heavy (non-hydrogen) atoms. The lowest BCUT2D eigenvalue weighted by molar-refractivity contribution is 0.173. The molecule has 1 heterocycles.